The Labute approximate surface area is 234 Å². The van der Waals surface area contributed by atoms with Gasteiger partial charge in [0.25, 0.3) is 5.91 Å². The predicted molar refractivity (Wildman–Crippen MR) is 153 cm³/mol. The van der Waals surface area contributed by atoms with Crippen LogP contribution >= 0.6 is 0 Å². The van der Waals surface area contributed by atoms with Gasteiger partial charge in [-0.05, 0) is 79.0 Å². The first-order valence-corrected chi connectivity index (χ1v) is 14.0. The lowest BCUT2D eigenvalue weighted by molar-refractivity contribution is -0.122. The van der Waals surface area contributed by atoms with Crippen LogP contribution in [0.25, 0.3) is 0 Å². The van der Waals surface area contributed by atoms with E-state index in [4.69, 9.17) is 4.74 Å². The summed E-state index contributed by atoms with van der Waals surface area (Å²) in [5.41, 5.74) is 4.70. The Morgan fingerprint density at radius 1 is 0.825 bits per heavy atom. The number of carbonyl (C=O) groups excluding carboxylic acids is 4. The van der Waals surface area contributed by atoms with Crippen LogP contribution in [0.1, 0.15) is 66.1 Å². The number of amides is 3. The van der Waals surface area contributed by atoms with E-state index in [1.165, 1.54) is 22.6 Å². The van der Waals surface area contributed by atoms with Gasteiger partial charge >= 0.3 is 5.97 Å². The number of carbonyl (C=O) groups is 4. The molecule has 2 fully saturated rings. The van der Waals surface area contributed by atoms with Gasteiger partial charge in [0, 0.05) is 5.69 Å². The van der Waals surface area contributed by atoms with Crippen molar-refractivity contribution in [1.82, 2.24) is 0 Å². The van der Waals surface area contributed by atoms with Crippen molar-refractivity contribution >= 4 is 35.1 Å². The maximum absolute atomic E-state index is 13.3. The number of hydrogen-bond acceptors (Lipinski definition) is 5. The normalized spacial score (nSPS) is 20.2. The zero-order valence-electron chi connectivity index (χ0n) is 22.9. The number of fused-ring (bicyclic) bond motifs is 1. The highest BCUT2D eigenvalue weighted by molar-refractivity contribution is 6.22. The Kier molecular flexibility index (Phi) is 8.10. The standard InChI is InChI=1S/C33H34N2O5/c1-3-21-11-8-12-22(4-2)30(21)34-29(36)20-40-33(39)24-13-16-26(17-14-24)35-31(37)27-18-15-25(19-28(27)32(35)38)23-9-6-5-7-10-23/h5-14,16-17,25,27-28H,3-4,15,18-20H2,1-2H3,(H,34,36)/t25-,27+,28-/m0/s1. The van der Waals surface area contributed by atoms with Crippen LogP contribution < -0.4 is 10.2 Å². The molecule has 1 heterocycles. The third kappa shape index (κ3) is 5.41. The topological polar surface area (TPSA) is 92.8 Å². The minimum Gasteiger partial charge on any atom is -0.452 e. The molecule has 3 aromatic carbocycles. The van der Waals surface area contributed by atoms with Crippen molar-refractivity contribution in [2.45, 2.75) is 51.9 Å². The van der Waals surface area contributed by atoms with Gasteiger partial charge < -0.3 is 10.1 Å². The van der Waals surface area contributed by atoms with Crippen LogP contribution in [0.2, 0.25) is 0 Å². The summed E-state index contributed by atoms with van der Waals surface area (Å²) < 4.78 is 5.25. The zero-order valence-corrected chi connectivity index (χ0v) is 22.9. The summed E-state index contributed by atoms with van der Waals surface area (Å²) in [6.07, 6.45) is 3.75. The minimum absolute atomic E-state index is 0.174. The number of esters is 1. The van der Waals surface area contributed by atoms with Crippen molar-refractivity contribution in [2.24, 2.45) is 11.8 Å². The van der Waals surface area contributed by atoms with Crippen molar-refractivity contribution in [3.05, 3.63) is 95.1 Å². The number of imide groups is 1. The molecule has 40 heavy (non-hydrogen) atoms. The molecular weight excluding hydrogens is 504 g/mol. The molecule has 3 aromatic rings. The second kappa shape index (κ2) is 11.9. The van der Waals surface area contributed by atoms with E-state index in [1.54, 1.807) is 12.1 Å². The van der Waals surface area contributed by atoms with E-state index in [2.05, 4.69) is 17.4 Å². The van der Waals surface area contributed by atoms with Crippen molar-refractivity contribution < 1.29 is 23.9 Å². The molecule has 1 N–H and O–H groups in total. The van der Waals surface area contributed by atoms with E-state index in [-0.39, 0.29) is 35.1 Å². The Morgan fingerprint density at radius 3 is 2.12 bits per heavy atom. The molecule has 7 heteroatoms. The van der Waals surface area contributed by atoms with Gasteiger partial charge in [0.15, 0.2) is 6.61 Å². The summed E-state index contributed by atoms with van der Waals surface area (Å²) in [6.45, 7) is 3.62. The van der Waals surface area contributed by atoms with Gasteiger partial charge in [0.2, 0.25) is 11.8 Å². The second-order valence-corrected chi connectivity index (χ2v) is 10.5. The predicted octanol–water partition coefficient (Wildman–Crippen LogP) is 5.68. The highest BCUT2D eigenvalue weighted by atomic mass is 16.5. The highest BCUT2D eigenvalue weighted by Gasteiger charge is 2.50. The smallest absolute Gasteiger partial charge is 0.338 e. The van der Waals surface area contributed by atoms with Crippen LogP contribution in [0.5, 0.6) is 0 Å². The number of benzene rings is 3. The van der Waals surface area contributed by atoms with Crippen LogP contribution in [0.4, 0.5) is 11.4 Å². The lowest BCUT2D eigenvalue weighted by Crippen LogP contribution is -2.30. The van der Waals surface area contributed by atoms with Crippen molar-refractivity contribution in [1.29, 1.82) is 0 Å². The summed E-state index contributed by atoms with van der Waals surface area (Å²) in [5, 5.41) is 2.88. The lowest BCUT2D eigenvalue weighted by Gasteiger charge is -2.28. The molecule has 3 atom stereocenters. The van der Waals surface area contributed by atoms with Crippen LogP contribution in [0, 0.1) is 11.8 Å². The number of hydrogen-bond donors (Lipinski definition) is 1. The average Bonchev–Trinajstić information content (AvgIpc) is 3.25. The monoisotopic (exact) mass is 538 g/mol. The van der Waals surface area contributed by atoms with Gasteiger partial charge in [-0.15, -0.1) is 0 Å². The number of anilines is 2. The number of aryl methyl sites for hydroxylation is 2. The van der Waals surface area contributed by atoms with Crippen LogP contribution in [-0.2, 0) is 32.0 Å². The van der Waals surface area contributed by atoms with Gasteiger partial charge in [0.1, 0.15) is 0 Å². The third-order valence-corrected chi connectivity index (χ3v) is 8.16. The maximum atomic E-state index is 13.3. The fraction of sp³-hybridized carbons (Fsp3) is 0.333. The number of ether oxygens (including phenoxy) is 1. The molecule has 1 aliphatic carbocycles. The van der Waals surface area contributed by atoms with E-state index >= 15 is 0 Å². The summed E-state index contributed by atoms with van der Waals surface area (Å²) in [5.74, 6) is -1.79. The van der Waals surface area contributed by atoms with Crippen molar-refractivity contribution in [2.75, 3.05) is 16.8 Å². The minimum atomic E-state index is -0.653. The van der Waals surface area contributed by atoms with Crippen LogP contribution in [0.15, 0.2) is 72.8 Å². The quantitative estimate of drug-likeness (QED) is 0.294. The molecule has 7 nitrogen and oxygen atoms in total. The van der Waals surface area contributed by atoms with E-state index in [9.17, 15) is 19.2 Å². The highest BCUT2D eigenvalue weighted by Crippen LogP contribution is 2.45. The van der Waals surface area contributed by atoms with Crippen LogP contribution in [-0.4, -0.2) is 30.3 Å². The third-order valence-electron chi connectivity index (χ3n) is 8.16. The molecular formula is C33H34N2O5. The molecule has 0 radical (unpaired) electrons. The second-order valence-electron chi connectivity index (χ2n) is 10.5. The fourth-order valence-electron chi connectivity index (χ4n) is 6.00. The molecule has 0 aromatic heterocycles. The van der Waals surface area contributed by atoms with Crippen molar-refractivity contribution in [3.63, 3.8) is 0 Å². The molecule has 0 unspecified atom stereocenters. The number of nitrogens with zero attached hydrogens (tertiary/aromatic N) is 1. The molecule has 3 amide bonds. The average molecular weight is 539 g/mol. The lowest BCUT2D eigenvalue weighted by atomic mass is 9.73. The summed E-state index contributed by atoms with van der Waals surface area (Å²) >= 11 is 0. The molecule has 5 rings (SSSR count). The van der Waals surface area contributed by atoms with Crippen LogP contribution in [0.3, 0.4) is 0 Å². The number of rotatable bonds is 8. The van der Waals surface area contributed by atoms with Crippen molar-refractivity contribution in [3.8, 4) is 0 Å². The molecule has 206 valence electrons. The zero-order chi connectivity index (χ0) is 28.2. The fourth-order valence-corrected chi connectivity index (χ4v) is 6.00. The summed E-state index contributed by atoms with van der Waals surface area (Å²) in [6, 6.07) is 22.3. The summed E-state index contributed by atoms with van der Waals surface area (Å²) in [4.78, 5) is 53.0. The maximum Gasteiger partial charge on any atom is 0.338 e. The Morgan fingerprint density at radius 2 is 1.48 bits per heavy atom. The molecule has 1 saturated heterocycles. The van der Waals surface area contributed by atoms with Gasteiger partial charge in [-0.25, -0.2) is 4.79 Å². The van der Waals surface area contributed by atoms with E-state index in [1.807, 2.05) is 50.2 Å². The molecule has 1 aliphatic heterocycles. The number of para-hydroxylation sites is 1. The van der Waals surface area contributed by atoms with E-state index in [0.717, 1.165) is 36.1 Å². The Balaban J connectivity index is 1.20. The molecule has 1 saturated carbocycles. The van der Waals surface area contributed by atoms with Gasteiger partial charge in [-0.2, -0.15) is 0 Å². The largest absolute Gasteiger partial charge is 0.452 e. The Bertz CT molecular complexity index is 1390. The Hall–Kier alpha value is -4.26. The van der Waals surface area contributed by atoms with Gasteiger partial charge in [0.05, 0.1) is 23.1 Å². The van der Waals surface area contributed by atoms with Gasteiger partial charge in [-0.1, -0.05) is 62.4 Å². The number of nitrogens with one attached hydrogen (secondary N) is 1. The first-order chi connectivity index (χ1) is 19.4. The molecule has 0 bridgehead atoms. The molecule has 0 spiro atoms. The first-order valence-electron chi connectivity index (χ1n) is 14.0. The van der Waals surface area contributed by atoms with Gasteiger partial charge in [-0.3, -0.25) is 19.3 Å². The first kappa shape index (κ1) is 27.3. The molecule has 2 aliphatic rings. The van der Waals surface area contributed by atoms with E-state index < -0.39 is 18.5 Å². The van der Waals surface area contributed by atoms with E-state index in [0.29, 0.717) is 18.5 Å². The SMILES string of the molecule is CCc1cccc(CC)c1NC(=O)COC(=O)c1ccc(N2C(=O)[C@H]3C[C@@H](c4ccccc4)CC[C@H]3C2=O)cc1. The summed E-state index contributed by atoms with van der Waals surface area (Å²) in [7, 11) is 0.